The minimum absolute atomic E-state index is 0.0402. The first kappa shape index (κ1) is 20.2. The van der Waals surface area contributed by atoms with E-state index in [9.17, 15) is 4.79 Å². The summed E-state index contributed by atoms with van der Waals surface area (Å²) in [4.78, 5) is 15.0. The third-order valence-corrected chi connectivity index (χ3v) is 5.86. The zero-order valence-corrected chi connectivity index (χ0v) is 17.3. The number of benzene rings is 1. The third-order valence-electron chi connectivity index (χ3n) is 5.86. The fourth-order valence-electron chi connectivity index (χ4n) is 4.41. The average Bonchev–Trinajstić information content (AvgIpc) is 2.81. The van der Waals surface area contributed by atoms with Crippen LogP contribution in [0, 0.1) is 0 Å². The summed E-state index contributed by atoms with van der Waals surface area (Å²) in [7, 11) is 0. The van der Waals surface area contributed by atoms with Gasteiger partial charge >= 0.3 is 6.03 Å². The van der Waals surface area contributed by atoms with E-state index < -0.39 is 0 Å². The number of carbonyl (C=O) groups is 1. The molecule has 5 heteroatoms. The molecule has 1 aromatic rings. The molecule has 2 heterocycles. The average molecular weight is 374 g/mol. The molecule has 27 heavy (non-hydrogen) atoms. The number of rotatable bonds is 5. The van der Waals surface area contributed by atoms with Gasteiger partial charge in [0.1, 0.15) is 0 Å². The second-order valence-electron chi connectivity index (χ2n) is 9.19. The zero-order valence-electron chi connectivity index (χ0n) is 17.3. The molecule has 0 bridgehead atoms. The molecule has 1 aromatic carbocycles. The standard InChI is InChI=1S/C22H35N3O2/c1-21(2)16-19(22(3,4)27-21)24-20(26)23-18-11-14-25(15-12-18)13-10-17-8-6-5-7-9-17/h5-9,18-19H,10-16H2,1-4H3,(H2,23,24,26). The molecule has 150 valence electrons. The molecule has 0 saturated carbocycles. The highest BCUT2D eigenvalue weighted by Crippen LogP contribution is 2.37. The van der Waals surface area contributed by atoms with E-state index in [1.807, 2.05) is 0 Å². The predicted octanol–water partition coefficient (Wildman–Crippen LogP) is 3.34. The second-order valence-corrected chi connectivity index (χ2v) is 9.19. The number of likely N-dealkylation sites (tertiary alicyclic amines) is 1. The highest BCUT2D eigenvalue weighted by molar-refractivity contribution is 5.74. The fourth-order valence-corrected chi connectivity index (χ4v) is 4.41. The highest BCUT2D eigenvalue weighted by atomic mass is 16.5. The van der Waals surface area contributed by atoms with E-state index in [0.29, 0.717) is 0 Å². The van der Waals surface area contributed by atoms with E-state index in [-0.39, 0.29) is 29.3 Å². The maximum atomic E-state index is 12.5. The summed E-state index contributed by atoms with van der Waals surface area (Å²) >= 11 is 0. The number of nitrogens with zero attached hydrogens (tertiary/aromatic N) is 1. The number of carbonyl (C=O) groups excluding carboxylic acids is 1. The Morgan fingerprint density at radius 1 is 1.11 bits per heavy atom. The number of amides is 2. The maximum absolute atomic E-state index is 12.5. The van der Waals surface area contributed by atoms with Crippen LogP contribution in [0.5, 0.6) is 0 Å². The molecule has 2 saturated heterocycles. The molecule has 2 N–H and O–H groups in total. The number of hydrogen-bond donors (Lipinski definition) is 2. The minimum atomic E-state index is -0.332. The molecule has 2 aliphatic heterocycles. The van der Waals surface area contributed by atoms with Crippen LogP contribution in [-0.2, 0) is 11.2 Å². The van der Waals surface area contributed by atoms with Gasteiger partial charge in [0.15, 0.2) is 0 Å². The molecule has 0 aliphatic carbocycles. The van der Waals surface area contributed by atoms with Crippen LogP contribution in [0.4, 0.5) is 4.79 Å². The number of urea groups is 1. The normalized spacial score (nSPS) is 25.3. The monoisotopic (exact) mass is 373 g/mol. The topological polar surface area (TPSA) is 53.6 Å². The lowest BCUT2D eigenvalue weighted by atomic mass is 9.94. The Morgan fingerprint density at radius 3 is 2.37 bits per heavy atom. The minimum Gasteiger partial charge on any atom is -0.367 e. The van der Waals surface area contributed by atoms with Crippen molar-refractivity contribution in [3.63, 3.8) is 0 Å². The first-order chi connectivity index (χ1) is 12.7. The number of hydrogen-bond acceptors (Lipinski definition) is 3. The SMILES string of the molecule is CC1(C)CC(NC(=O)NC2CCN(CCc3ccccc3)CC2)C(C)(C)O1. The summed E-state index contributed by atoms with van der Waals surface area (Å²) in [5.41, 5.74) is 0.870. The van der Waals surface area contributed by atoms with Crippen LogP contribution in [0.25, 0.3) is 0 Å². The van der Waals surface area contributed by atoms with Gasteiger partial charge in [-0.1, -0.05) is 30.3 Å². The third kappa shape index (κ3) is 5.69. The lowest BCUT2D eigenvalue weighted by molar-refractivity contribution is -0.0691. The molecule has 3 rings (SSSR count). The van der Waals surface area contributed by atoms with Crippen LogP contribution in [0.1, 0.15) is 52.5 Å². The quantitative estimate of drug-likeness (QED) is 0.832. The van der Waals surface area contributed by atoms with Crippen molar-refractivity contribution in [3.8, 4) is 0 Å². The zero-order chi connectivity index (χ0) is 19.5. The van der Waals surface area contributed by atoms with E-state index >= 15 is 0 Å². The summed E-state index contributed by atoms with van der Waals surface area (Å²) in [5, 5.41) is 6.31. The van der Waals surface area contributed by atoms with Crippen LogP contribution in [0.3, 0.4) is 0 Å². The molecule has 5 nitrogen and oxygen atoms in total. The van der Waals surface area contributed by atoms with Gasteiger partial charge in [0.2, 0.25) is 0 Å². The first-order valence-corrected chi connectivity index (χ1v) is 10.3. The molecule has 0 aromatic heterocycles. The number of ether oxygens (including phenoxy) is 1. The van der Waals surface area contributed by atoms with Gasteiger partial charge in [-0.2, -0.15) is 0 Å². The van der Waals surface area contributed by atoms with Crippen molar-refractivity contribution in [2.75, 3.05) is 19.6 Å². The van der Waals surface area contributed by atoms with Gasteiger partial charge < -0.3 is 20.3 Å². The van der Waals surface area contributed by atoms with Gasteiger partial charge in [0.25, 0.3) is 0 Å². The summed E-state index contributed by atoms with van der Waals surface area (Å²) in [5.74, 6) is 0. The summed E-state index contributed by atoms with van der Waals surface area (Å²) < 4.78 is 6.07. The van der Waals surface area contributed by atoms with Crippen molar-refractivity contribution in [1.82, 2.24) is 15.5 Å². The number of nitrogens with one attached hydrogen (secondary N) is 2. The Hall–Kier alpha value is -1.59. The molecular weight excluding hydrogens is 338 g/mol. The molecular formula is C22H35N3O2. The highest BCUT2D eigenvalue weighted by Gasteiger charge is 2.46. The van der Waals surface area contributed by atoms with Crippen LogP contribution in [0.2, 0.25) is 0 Å². The molecule has 1 atom stereocenters. The van der Waals surface area contributed by atoms with Crippen molar-refractivity contribution < 1.29 is 9.53 Å². The van der Waals surface area contributed by atoms with Crippen LogP contribution in [0.15, 0.2) is 30.3 Å². The van der Waals surface area contributed by atoms with E-state index in [0.717, 1.165) is 45.3 Å². The van der Waals surface area contributed by atoms with Gasteiger partial charge in [0.05, 0.1) is 17.2 Å². The Kier molecular flexibility index (Phi) is 6.11. The van der Waals surface area contributed by atoms with Gasteiger partial charge in [-0.15, -0.1) is 0 Å². The molecule has 2 aliphatic rings. The largest absolute Gasteiger partial charge is 0.367 e. The maximum Gasteiger partial charge on any atom is 0.315 e. The van der Waals surface area contributed by atoms with Crippen LogP contribution in [-0.4, -0.2) is 53.9 Å². The molecule has 0 radical (unpaired) electrons. The van der Waals surface area contributed by atoms with Crippen LogP contribution < -0.4 is 10.6 Å². The van der Waals surface area contributed by atoms with Crippen molar-refractivity contribution in [2.24, 2.45) is 0 Å². The Labute approximate surface area is 163 Å². The summed E-state index contributed by atoms with van der Waals surface area (Å²) in [6, 6.07) is 10.9. The van der Waals surface area contributed by atoms with E-state index in [1.165, 1.54) is 5.56 Å². The van der Waals surface area contributed by atoms with E-state index in [2.05, 4.69) is 73.6 Å². The molecule has 0 spiro atoms. The summed E-state index contributed by atoms with van der Waals surface area (Å²) in [6.45, 7) is 11.5. The van der Waals surface area contributed by atoms with Gasteiger partial charge in [0, 0.05) is 25.7 Å². The molecule has 2 fully saturated rings. The Bertz CT molecular complexity index is 622. The smallest absolute Gasteiger partial charge is 0.315 e. The first-order valence-electron chi connectivity index (χ1n) is 10.3. The van der Waals surface area contributed by atoms with Gasteiger partial charge in [-0.3, -0.25) is 0 Å². The molecule has 1 unspecified atom stereocenters. The van der Waals surface area contributed by atoms with Gasteiger partial charge in [-0.25, -0.2) is 4.79 Å². The Balaban J connectivity index is 1.38. The summed E-state index contributed by atoms with van der Waals surface area (Å²) in [6.07, 6.45) is 3.95. The van der Waals surface area contributed by atoms with E-state index in [4.69, 9.17) is 4.74 Å². The number of piperidine rings is 1. The lowest BCUT2D eigenvalue weighted by Gasteiger charge is -2.33. The fraction of sp³-hybridized carbons (Fsp3) is 0.682. The van der Waals surface area contributed by atoms with Gasteiger partial charge in [-0.05, 0) is 58.9 Å². The lowest BCUT2D eigenvalue weighted by Crippen LogP contribution is -2.53. The van der Waals surface area contributed by atoms with Crippen molar-refractivity contribution in [2.45, 2.75) is 76.7 Å². The van der Waals surface area contributed by atoms with E-state index in [1.54, 1.807) is 0 Å². The van der Waals surface area contributed by atoms with Crippen molar-refractivity contribution >= 4 is 6.03 Å². The second kappa shape index (κ2) is 8.19. The molecule has 2 amide bonds. The Morgan fingerprint density at radius 2 is 1.78 bits per heavy atom. The van der Waals surface area contributed by atoms with Crippen LogP contribution >= 0.6 is 0 Å². The van der Waals surface area contributed by atoms with Crippen molar-refractivity contribution in [3.05, 3.63) is 35.9 Å². The van der Waals surface area contributed by atoms with Crippen molar-refractivity contribution in [1.29, 1.82) is 0 Å². The predicted molar refractivity (Wildman–Crippen MR) is 109 cm³/mol.